The Labute approximate surface area is 101 Å². The SMILES string of the molecule is CON(O)c1cnc2c(c1C1CCC1)CCC2. The van der Waals surface area contributed by atoms with Gasteiger partial charge in [0.1, 0.15) is 5.69 Å². The van der Waals surface area contributed by atoms with Gasteiger partial charge in [0.05, 0.1) is 13.3 Å². The van der Waals surface area contributed by atoms with Gasteiger partial charge in [-0.25, -0.2) is 0 Å². The van der Waals surface area contributed by atoms with E-state index in [1.165, 1.54) is 49.6 Å². The highest BCUT2D eigenvalue weighted by Crippen LogP contribution is 2.44. The fourth-order valence-electron chi connectivity index (χ4n) is 2.93. The summed E-state index contributed by atoms with van der Waals surface area (Å²) in [6.07, 6.45) is 8.85. The van der Waals surface area contributed by atoms with E-state index in [1.54, 1.807) is 6.20 Å². The number of rotatable bonds is 3. The van der Waals surface area contributed by atoms with Crippen LogP contribution in [0.5, 0.6) is 0 Å². The van der Waals surface area contributed by atoms with Crippen LogP contribution in [0.15, 0.2) is 6.20 Å². The van der Waals surface area contributed by atoms with Crippen LogP contribution in [0, 0.1) is 0 Å². The lowest BCUT2D eigenvalue weighted by Gasteiger charge is -2.31. The van der Waals surface area contributed by atoms with Crippen molar-refractivity contribution in [3.8, 4) is 0 Å². The van der Waals surface area contributed by atoms with E-state index in [-0.39, 0.29) is 0 Å². The van der Waals surface area contributed by atoms with Crippen LogP contribution in [0.2, 0.25) is 0 Å². The van der Waals surface area contributed by atoms with Gasteiger partial charge in [-0.2, -0.15) is 0 Å². The lowest BCUT2D eigenvalue weighted by atomic mass is 9.77. The van der Waals surface area contributed by atoms with Gasteiger partial charge in [-0.3, -0.25) is 15.0 Å². The molecule has 1 aromatic heterocycles. The molecule has 0 bridgehead atoms. The third kappa shape index (κ3) is 1.72. The van der Waals surface area contributed by atoms with E-state index in [2.05, 4.69) is 4.98 Å². The largest absolute Gasteiger partial charge is 0.264 e. The fourth-order valence-corrected chi connectivity index (χ4v) is 2.93. The van der Waals surface area contributed by atoms with Gasteiger partial charge in [0.15, 0.2) is 0 Å². The Morgan fingerprint density at radius 3 is 2.82 bits per heavy atom. The van der Waals surface area contributed by atoms with Gasteiger partial charge >= 0.3 is 0 Å². The van der Waals surface area contributed by atoms with Crippen molar-refractivity contribution in [2.24, 2.45) is 0 Å². The fraction of sp³-hybridized carbons (Fsp3) is 0.615. The molecule has 0 radical (unpaired) electrons. The number of fused-ring (bicyclic) bond motifs is 1. The van der Waals surface area contributed by atoms with E-state index in [0.29, 0.717) is 5.92 Å². The first-order chi connectivity index (χ1) is 8.31. The zero-order valence-electron chi connectivity index (χ0n) is 10.1. The minimum absolute atomic E-state index is 0.588. The zero-order valence-corrected chi connectivity index (χ0v) is 10.1. The number of aryl methyl sites for hydroxylation is 1. The summed E-state index contributed by atoms with van der Waals surface area (Å²) in [5.41, 5.74) is 4.60. The molecule has 0 spiro atoms. The van der Waals surface area contributed by atoms with Crippen LogP contribution in [0.3, 0.4) is 0 Å². The predicted molar refractivity (Wildman–Crippen MR) is 64.1 cm³/mol. The van der Waals surface area contributed by atoms with Crippen LogP contribution >= 0.6 is 0 Å². The third-order valence-corrected chi connectivity index (χ3v) is 4.02. The first-order valence-electron chi connectivity index (χ1n) is 6.35. The molecule has 1 N–H and O–H groups in total. The lowest BCUT2D eigenvalue weighted by molar-refractivity contribution is -0.0119. The van der Waals surface area contributed by atoms with Crippen molar-refractivity contribution in [2.75, 3.05) is 12.3 Å². The molecule has 1 saturated carbocycles. The Hall–Kier alpha value is -1.13. The molecule has 3 rings (SSSR count). The molecule has 0 aliphatic heterocycles. The number of anilines is 1. The van der Waals surface area contributed by atoms with Crippen molar-refractivity contribution in [1.29, 1.82) is 0 Å². The number of hydrogen-bond acceptors (Lipinski definition) is 4. The maximum atomic E-state index is 9.78. The molecule has 0 amide bonds. The minimum Gasteiger partial charge on any atom is -0.264 e. The van der Waals surface area contributed by atoms with Gasteiger partial charge < -0.3 is 0 Å². The standard InChI is InChI=1S/C13H18N2O2/c1-17-15(16)12-8-14-11-7-3-6-10(11)13(12)9-4-2-5-9/h8-9,16H,2-7H2,1H3. The Bertz CT molecular complexity index is 430. The highest BCUT2D eigenvalue weighted by Gasteiger charge is 2.30. The van der Waals surface area contributed by atoms with Gasteiger partial charge in [-0.15, -0.1) is 5.23 Å². The maximum Gasteiger partial charge on any atom is 0.116 e. The minimum atomic E-state index is 0.588. The molecule has 4 heteroatoms. The number of hydrogen-bond donors (Lipinski definition) is 1. The van der Waals surface area contributed by atoms with Crippen LogP contribution in [-0.4, -0.2) is 17.3 Å². The van der Waals surface area contributed by atoms with Crippen molar-refractivity contribution in [1.82, 2.24) is 4.98 Å². The summed E-state index contributed by atoms with van der Waals surface area (Å²) in [5.74, 6) is 0.588. The summed E-state index contributed by atoms with van der Waals surface area (Å²) in [4.78, 5) is 9.35. The van der Waals surface area contributed by atoms with Crippen LogP contribution in [0.25, 0.3) is 0 Å². The number of nitrogens with zero attached hydrogens (tertiary/aromatic N) is 2. The van der Waals surface area contributed by atoms with Crippen molar-refractivity contribution in [3.05, 3.63) is 23.0 Å². The zero-order chi connectivity index (χ0) is 11.8. The lowest BCUT2D eigenvalue weighted by Crippen LogP contribution is -2.22. The van der Waals surface area contributed by atoms with Gasteiger partial charge in [0.25, 0.3) is 0 Å². The van der Waals surface area contributed by atoms with Crippen molar-refractivity contribution in [3.63, 3.8) is 0 Å². The van der Waals surface area contributed by atoms with E-state index in [0.717, 1.165) is 23.8 Å². The predicted octanol–water partition coefficient (Wildman–Crippen LogP) is 2.59. The van der Waals surface area contributed by atoms with Gasteiger partial charge in [0, 0.05) is 5.69 Å². The molecular weight excluding hydrogens is 216 g/mol. The van der Waals surface area contributed by atoms with Crippen LogP contribution in [0.1, 0.15) is 48.4 Å². The molecule has 1 heterocycles. The Balaban J connectivity index is 2.08. The molecule has 4 nitrogen and oxygen atoms in total. The molecule has 0 unspecified atom stereocenters. The van der Waals surface area contributed by atoms with Crippen molar-refractivity contribution >= 4 is 5.69 Å². The molecule has 0 atom stereocenters. The van der Waals surface area contributed by atoms with Crippen molar-refractivity contribution < 1.29 is 10.0 Å². The summed E-state index contributed by atoms with van der Waals surface area (Å²) in [5, 5.41) is 10.6. The highest BCUT2D eigenvalue weighted by molar-refractivity contribution is 5.56. The van der Waals surface area contributed by atoms with E-state index >= 15 is 0 Å². The summed E-state index contributed by atoms with van der Waals surface area (Å²) in [6, 6.07) is 0. The first kappa shape index (κ1) is 11.0. The smallest absolute Gasteiger partial charge is 0.116 e. The topological polar surface area (TPSA) is 45.6 Å². The summed E-state index contributed by atoms with van der Waals surface area (Å²) >= 11 is 0. The highest BCUT2D eigenvalue weighted by atomic mass is 16.9. The average Bonchev–Trinajstić information content (AvgIpc) is 2.74. The van der Waals surface area contributed by atoms with E-state index in [1.807, 2.05) is 0 Å². The molecule has 92 valence electrons. The normalized spacial score (nSPS) is 18.9. The Kier molecular flexibility index (Phi) is 2.76. The summed E-state index contributed by atoms with van der Waals surface area (Å²) < 4.78 is 0. The van der Waals surface area contributed by atoms with Gasteiger partial charge in [-0.1, -0.05) is 6.42 Å². The average molecular weight is 234 g/mol. The second kappa shape index (κ2) is 4.27. The van der Waals surface area contributed by atoms with Crippen LogP contribution in [-0.2, 0) is 17.7 Å². The molecule has 1 aromatic rings. The number of aromatic nitrogens is 1. The van der Waals surface area contributed by atoms with Gasteiger partial charge in [-0.05, 0) is 49.1 Å². The summed E-state index contributed by atoms with van der Waals surface area (Å²) in [7, 11) is 1.47. The monoisotopic (exact) mass is 234 g/mol. The molecule has 1 fully saturated rings. The molecule has 2 aliphatic rings. The molecular formula is C13H18N2O2. The van der Waals surface area contributed by atoms with E-state index in [4.69, 9.17) is 4.84 Å². The third-order valence-electron chi connectivity index (χ3n) is 4.02. The van der Waals surface area contributed by atoms with E-state index < -0.39 is 0 Å². The molecule has 2 aliphatic carbocycles. The quantitative estimate of drug-likeness (QED) is 0.816. The first-order valence-corrected chi connectivity index (χ1v) is 6.35. The summed E-state index contributed by atoms with van der Waals surface area (Å²) in [6.45, 7) is 0. The van der Waals surface area contributed by atoms with E-state index in [9.17, 15) is 5.21 Å². The molecule has 0 aromatic carbocycles. The second-order valence-electron chi connectivity index (χ2n) is 4.92. The maximum absolute atomic E-state index is 9.78. The number of pyridine rings is 1. The van der Waals surface area contributed by atoms with Gasteiger partial charge in [0.2, 0.25) is 0 Å². The van der Waals surface area contributed by atoms with Crippen LogP contribution in [0.4, 0.5) is 5.69 Å². The molecule has 0 saturated heterocycles. The second-order valence-corrected chi connectivity index (χ2v) is 4.92. The van der Waals surface area contributed by atoms with Crippen molar-refractivity contribution in [2.45, 2.75) is 44.4 Å². The Morgan fingerprint density at radius 2 is 2.18 bits per heavy atom. The molecule has 17 heavy (non-hydrogen) atoms. The Morgan fingerprint density at radius 1 is 1.35 bits per heavy atom. The van der Waals surface area contributed by atoms with Crippen LogP contribution < -0.4 is 5.23 Å².